The van der Waals surface area contributed by atoms with E-state index in [4.69, 9.17) is 10.00 Å². The Hall–Kier alpha value is -2.48. The van der Waals surface area contributed by atoms with Crippen molar-refractivity contribution in [3.8, 4) is 6.07 Å². The second-order valence-corrected chi connectivity index (χ2v) is 5.48. The molecule has 0 saturated heterocycles. The van der Waals surface area contributed by atoms with Gasteiger partial charge in [-0.3, -0.25) is 0 Å². The molecule has 1 atom stereocenters. The number of benzene rings is 1. The molecule has 1 aromatic carbocycles. The average Bonchev–Trinajstić information content (AvgIpc) is 3.36. The Morgan fingerprint density at radius 1 is 1.48 bits per heavy atom. The van der Waals surface area contributed by atoms with Gasteiger partial charge in [0.2, 0.25) is 0 Å². The van der Waals surface area contributed by atoms with Gasteiger partial charge < -0.3 is 15.4 Å². The first-order valence-corrected chi connectivity index (χ1v) is 7.85. The third-order valence-corrected chi connectivity index (χ3v) is 3.28. The number of carbonyl (C=O) groups excluding carboxylic acids is 1. The highest BCUT2D eigenvalue weighted by atomic mass is 16.6. The Morgan fingerprint density at radius 2 is 2.17 bits per heavy atom. The number of carbonyl (C=O) groups is 1. The zero-order valence-electron chi connectivity index (χ0n) is 13.6. The lowest BCUT2D eigenvalue weighted by Crippen LogP contribution is -2.27. The van der Waals surface area contributed by atoms with Crippen LogP contribution >= 0.6 is 0 Å². The third-order valence-electron chi connectivity index (χ3n) is 3.28. The Bertz CT molecular complexity index is 507. The van der Waals surface area contributed by atoms with E-state index < -0.39 is 0 Å². The summed E-state index contributed by atoms with van der Waals surface area (Å²) in [6.07, 6.45) is 4.78. The topological polar surface area (TPSA) is 74.1 Å². The summed E-state index contributed by atoms with van der Waals surface area (Å²) in [7, 11) is 0. The highest BCUT2D eigenvalue weighted by Crippen LogP contribution is 2.34. The maximum atomic E-state index is 11.5. The fourth-order valence-corrected chi connectivity index (χ4v) is 1.98. The molecule has 0 aliphatic heterocycles. The number of nitrogens with zero attached hydrogens (tertiary/aromatic N) is 1. The van der Waals surface area contributed by atoms with Crippen molar-refractivity contribution in [1.82, 2.24) is 10.6 Å². The smallest absolute Gasteiger partial charge is 0.407 e. The number of alkyl carbamates (subject to hydrolysis) is 1. The van der Waals surface area contributed by atoms with Crippen LogP contribution in [0.15, 0.2) is 43.1 Å². The van der Waals surface area contributed by atoms with Crippen molar-refractivity contribution in [2.45, 2.75) is 38.8 Å². The number of hydrogen-bond donors (Lipinski definition) is 2. The van der Waals surface area contributed by atoms with Crippen LogP contribution in [0.4, 0.5) is 4.79 Å². The van der Waals surface area contributed by atoms with Crippen LogP contribution in [0.2, 0.25) is 0 Å². The maximum Gasteiger partial charge on any atom is 0.407 e. The van der Waals surface area contributed by atoms with Crippen LogP contribution in [0.25, 0.3) is 0 Å². The zero-order chi connectivity index (χ0) is 16.9. The lowest BCUT2D eigenvalue weighted by atomic mass is 10.2. The molecule has 1 unspecified atom stereocenters. The molecule has 0 heterocycles. The van der Waals surface area contributed by atoms with Gasteiger partial charge in [-0.05, 0) is 31.0 Å². The molecule has 0 bridgehead atoms. The van der Waals surface area contributed by atoms with E-state index in [1.165, 1.54) is 19.0 Å². The summed E-state index contributed by atoms with van der Waals surface area (Å²) in [5.41, 5.74) is 1.08. The second-order valence-electron chi connectivity index (χ2n) is 5.48. The first kappa shape index (κ1) is 18.6. The van der Waals surface area contributed by atoms with Gasteiger partial charge in [-0.15, -0.1) is 0 Å². The quantitative estimate of drug-likeness (QED) is 0.598. The van der Waals surface area contributed by atoms with E-state index in [2.05, 4.69) is 17.2 Å². The maximum absolute atomic E-state index is 11.5. The van der Waals surface area contributed by atoms with Crippen molar-refractivity contribution in [1.29, 1.82) is 5.26 Å². The van der Waals surface area contributed by atoms with Gasteiger partial charge in [0.05, 0.1) is 6.07 Å². The number of nitrogens with one attached hydrogen (secondary N) is 2. The van der Waals surface area contributed by atoms with Crippen molar-refractivity contribution in [2.24, 2.45) is 5.92 Å². The van der Waals surface area contributed by atoms with Crippen LogP contribution in [-0.2, 0) is 11.3 Å². The van der Waals surface area contributed by atoms with E-state index in [0.717, 1.165) is 17.9 Å². The second kappa shape index (κ2) is 11.1. The minimum Gasteiger partial charge on any atom is -0.447 e. The van der Waals surface area contributed by atoms with Crippen LogP contribution in [0.5, 0.6) is 0 Å². The van der Waals surface area contributed by atoms with Gasteiger partial charge in [-0.2, -0.15) is 5.26 Å². The summed E-state index contributed by atoms with van der Waals surface area (Å²) in [5, 5.41) is 13.2. The van der Waals surface area contributed by atoms with Crippen molar-refractivity contribution >= 4 is 6.09 Å². The molecule has 1 aliphatic carbocycles. The molecular formula is C18H25N3O2. The first-order valence-electron chi connectivity index (χ1n) is 7.85. The van der Waals surface area contributed by atoms with Gasteiger partial charge in [-0.1, -0.05) is 49.8 Å². The van der Waals surface area contributed by atoms with Crippen LogP contribution < -0.4 is 10.6 Å². The number of ether oxygens (including phenoxy) is 1. The average molecular weight is 315 g/mol. The minimum absolute atomic E-state index is 0.0262. The van der Waals surface area contributed by atoms with Crippen molar-refractivity contribution < 1.29 is 9.53 Å². The van der Waals surface area contributed by atoms with E-state index in [9.17, 15) is 4.79 Å². The molecule has 2 N–H and O–H groups in total. The van der Waals surface area contributed by atoms with Gasteiger partial charge >= 0.3 is 6.09 Å². The van der Waals surface area contributed by atoms with E-state index >= 15 is 0 Å². The monoisotopic (exact) mass is 315 g/mol. The molecule has 1 fully saturated rings. The predicted molar refractivity (Wildman–Crippen MR) is 90.4 cm³/mol. The first-order chi connectivity index (χ1) is 11.2. The highest BCUT2D eigenvalue weighted by molar-refractivity contribution is 5.67. The van der Waals surface area contributed by atoms with Gasteiger partial charge in [0.15, 0.2) is 0 Å². The third kappa shape index (κ3) is 9.97. The van der Waals surface area contributed by atoms with Crippen molar-refractivity contribution in [2.75, 3.05) is 6.54 Å². The van der Waals surface area contributed by atoms with Crippen LogP contribution in [0.3, 0.4) is 0 Å². The molecule has 2 rings (SSSR count). The molecule has 23 heavy (non-hydrogen) atoms. The number of hydrogen-bond acceptors (Lipinski definition) is 4. The Kier molecular flexibility index (Phi) is 8.99. The lowest BCUT2D eigenvalue weighted by molar-refractivity contribution is 0.0987. The molecule has 5 heteroatoms. The summed E-state index contributed by atoms with van der Waals surface area (Å²) in [4.78, 5) is 11.5. The van der Waals surface area contributed by atoms with Crippen molar-refractivity contribution in [3.63, 3.8) is 0 Å². The van der Waals surface area contributed by atoms with Crippen LogP contribution in [0.1, 0.15) is 31.7 Å². The molecule has 1 saturated carbocycles. The normalized spacial score (nSPS) is 13.6. The fourth-order valence-electron chi connectivity index (χ4n) is 1.98. The Morgan fingerprint density at radius 3 is 2.70 bits per heavy atom. The van der Waals surface area contributed by atoms with E-state index in [1.54, 1.807) is 0 Å². The van der Waals surface area contributed by atoms with E-state index in [0.29, 0.717) is 13.1 Å². The molecule has 0 spiro atoms. The zero-order valence-corrected chi connectivity index (χ0v) is 13.6. The molecular weight excluding hydrogens is 290 g/mol. The van der Waals surface area contributed by atoms with Crippen LogP contribution in [-0.4, -0.2) is 18.7 Å². The lowest BCUT2D eigenvalue weighted by Gasteiger charge is -2.13. The molecule has 1 aromatic rings. The Labute approximate surface area is 138 Å². The molecule has 0 radical (unpaired) electrons. The summed E-state index contributed by atoms with van der Waals surface area (Å²) >= 11 is 0. The van der Waals surface area contributed by atoms with E-state index in [1.807, 2.05) is 43.3 Å². The molecule has 0 aromatic heterocycles. The summed E-state index contributed by atoms with van der Waals surface area (Å²) in [6, 6.07) is 11.7. The minimum atomic E-state index is -0.318. The number of nitriles is 1. The van der Waals surface area contributed by atoms with Gasteiger partial charge in [0, 0.05) is 6.54 Å². The molecule has 124 valence electrons. The van der Waals surface area contributed by atoms with E-state index in [-0.39, 0.29) is 12.2 Å². The molecule has 1 aliphatic rings. The SMILES string of the molecule is C=CNCC#N.CC(CC1CC1)OC(=O)NCc1ccccc1. The van der Waals surface area contributed by atoms with Gasteiger partial charge in [0.25, 0.3) is 0 Å². The fraction of sp³-hybridized carbons (Fsp3) is 0.444. The predicted octanol–water partition coefficient (Wildman–Crippen LogP) is 3.34. The summed E-state index contributed by atoms with van der Waals surface area (Å²) < 4.78 is 5.27. The number of rotatable bonds is 7. The van der Waals surface area contributed by atoms with Gasteiger partial charge in [-0.25, -0.2) is 4.79 Å². The highest BCUT2D eigenvalue weighted by Gasteiger charge is 2.25. The summed E-state index contributed by atoms with van der Waals surface area (Å²) in [5.74, 6) is 0.784. The molecule has 5 nitrogen and oxygen atoms in total. The number of amides is 1. The molecule has 1 amide bonds. The van der Waals surface area contributed by atoms with Crippen LogP contribution in [0, 0.1) is 17.2 Å². The standard InChI is InChI=1S/C14H19NO2.C4H6N2/c1-11(9-12-7-8-12)17-14(16)15-10-13-5-3-2-4-6-13;1-2-6-4-3-5/h2-6,11-12H,7-10H2,1H3,(H,15,16);2,6H,1,4H2. The Balaban J connectivity index is 0.000000379. The largest absolute Gasteiger partial charge is 0.447 e. The summed E-state index contributed by atoms with van der Waals surface area (Å²) in [6.45, 7) is 6.17. The van der Waals surface area contributed by atoms with Gasteiger partial charge in [0.1, 0.15) is 12.6 Å². The van der Waals surface area contributed by atoms with Crippen molar-refractivity contribution in [3.05, 3.63) is 48.7 Å².